The Bertz CT molecular complexity index is 1020. The van der Waals surface area contributed by atoms with Crippen LogP contribution in [0.5, 0.6) is 0 Å². The van der Waals surface area contributed by atoms with Crippen LogP contribution in [0.2, 0.25) is 0 Å². The van der Waals surface area contributed by atoms with E-state index < -0.39 is 42.0 Å². The van der Waals surface area contributed by atoms with E-state index in [1.54, 1.807) is 0 Å². The first-order valence-electron chi connectivity index (χ1n) is 9.38. The summed E-state index contributed by atoms with van der Waals surface area (Å²) < 4.78 is 14.7. The molecule has 3 rings (SSSR count). The van der Waals surface area contributed by atoms with Gasteiger partial charge >= 0.3 is 11.9 Å². The van der Waals surface area contributed by atoms with Crippen LogP contribution in [-0.4, -0.2) is 84.1 Å². The molecule has 0 radical (unpaired) electrons. The molecule has 0 bridgehead atoms. The highest BCUT2D eigenvalue weighted by Gasteiger charge is 2.54. The number of nitrogens with two attached hydrogens (primary N) is 1. The monoisotopic (exact) mass is 499 g/mol. The molecule has 1 aromatic heterocycles. The number of aromatic nitrogens is 1. The Morgan fingerprint density at radius 1 is 1.33 bits per heavy atom. The summed E-state index contributed by atoms with van der Waals surface area (Å²) in [7, 11) is 2.72. The maximum Gasteiger partial charge on any atom is 0.358 e. The number of methoxy groups -OCH3 is 1. The number of nitrogens with zero attached hydrogens (tertiary/aromatic N) is 3. The number of anilines is 1. The van der Waals surface area contributed by atoms with Crippen molar-refractivity contribution in [3.8, 4) is 0 Å². The van der Waals surface area contributed by atoms with Crippen molar-refractivity contribution in [1.29, 1.82) is 0 Å². The Morgan fingerprint density at radius 2 is 2.09 bits per heavy atom. The summed E-state index contributed by atoms with van der Waals surface area (Å²) >= 11 is 2.46. The van der Waals surface area contributed by atoms with Gasteiger partial charge in [0.1, 0.15) is 29.9 Å². The molecule has 2 amide bonds. The van der Waals surface area contributed by atoms with Crippen molar-refractivity contribution < 1.29 is 38.2 Å². The van der Waals surface area contributed by atoms with E-state index in [2.05, 4.69) is 20.2 Å². The molecule has 0 aromatic carbocycles. The molecule has 1 unspecified atom stereocenters. The fraction of sp³-hybridized carbons (Fsp3) is 0.444. The van der Waals surface area contributed by atoms with Crippen LogP contribution in [0.3, 0.4) is 0 Å². The molecule has 1 saturated heterocycles. The molecular weight excluding hydrogens is 478 g/mol. The maximum atomic E-state index is 12.9. The van der Waals surface area contributed by atoms with Gasteiger partial charge in [-0.3, -0.25) is 19.3 Å². The SMILES string of the molecule is COCC1=C(C(=O)OCOC(C)=O)N2C(=O)C(NC(=O)C(=NOC)c3csc(N)n3)[C@H]2SC1. The highest BCUT2D eigenvalue weighted by molar-refractivity contribution is 8.00. The molecule has 1 fully saturated rings. The number of nitrogen functional groups attached to an aromatic ring is 1. The second kappa shape index (κ2) is 10.6. The lowest BCUT2D eigenvalue weighted by molar-refractivity contribution is -0.166. The van der Waals surface area contributed by atoms with Crippen LogP contribution in [0.1, 0.15) is 12.6 Å². The Kier molecular flexibility index (Phi) is 7.88. The van der Waals surface area contributed by atoms with E-state index in [1.165, 1.54) is 43.2 Å². The van der Waals surface area contributed by atoms with Crippen LogP contribution < -0.4 is 11.1 Å². The largest absolute Gasteiger partial charge is 0.428 e. The van der Waals surface area contributed by atoms with Crippen molar-refractivity contribution in [1.82, 2.24) is 15.2 Å². The normalized spacial score (nSPS) is 20.0. The fourth-order valence-corrected chi connectivity index (χ4v) is 4.97. The number of ether oxygens (including phenoxy) is 3. The van der Waals surface area contributed by atoms with Gasteiger partial charge in [-0.05, 0) is 5.57 Å². The smallest absolute Gasteiger partial charge is 0.358 e. The van der Waals surface area contributed by atoms with Gasteiger partial charge in [0.25, 0.3) is 11.8 Å². The molecule has 2 aliphatic heterocycles. The van der Waals surface area contributed by atoms with E-state index in [-0.39, 0.29) is 28.8 Å². The maximum absolute atomic E-state index is 12.9. The fourth-order valence-electron chi connectivity index (χ4n) is 3.09. The lowest BCUT2D eigenvalue weighted by Crippen LogP contribution is -2.71. The summed E-state index contributed by atoms with van der Waals surface area (Å²) in [6.07, 6.45) is 0. The number of oxime groups is 1. The number of hydrogen-bond donors (Lipinski definition) is 2. The average Bonchev–Trinajstić information content (AvgIpc) is 3.20. The van der Waals surface area contributed by atoms with Crippen molar-refractivity contribution in [3.63, 3.8) is 0 Å². The number of thioether (sulfide) groups is 1. The van der Waals surface area contributed by atoms with E-state index in [0.717, 1.165) is 11.3 Å². The first-order valence-corrected chi connectivity index (χ1v) is 11.3. The molecule has 3 N–H and O–H groups in total. The van der Waals surface area contributed by atoms with Gasteiger partial charge in [-0.1, -0.05) is 5.16 Å². The van der Waals surface area contributed by atoms with Crippen LogP contribution in [0.15, 0.2) is 21.8 Å². The van der Waals surface area contributed by atoms with E-state index in [0.29, 0.717) is 11.3 Å². The standard InChI is InChI=1S/C18H21N5O8S2/c1-8(24)30-7-31-17(27)13-9(4-28-2)5-32-16-12(15(26)23(13)16)21-14(25)11(22-29-3)10-6-33-18(19)20-10/h6,12,16H,4-5,7H2,1-3H3,(H2,19,20)(H,21,25)/t12?,16-/m1/s1. The van der Waals surface area contributed by atoms with Gasteiger partial charge in [-0.15, -0.1) is 23.1 Å². The van der Waals surface area contributed by atoms with Crippen LogP contribution in [0, 0.1) is 0 Å². The zero-order valence-electron chi connectivity index (χ0n) is 17.9. The number of β-lactam (4-membered cyclic amide) rings is 1. The van der Waals surface area contributed by atoms with Crippen molar-refractivity contribution in [2.45, 2.75) is 18.3 Å². The summed E-state index contributed by atoms with van der Waals surface area (Å²) in [5.41, 5.74) is 6.21. The Balaban J connectivity index is 1.76. The molecule has 0 saturated carbocycles. The average molecular weight is 500 g/mol. The Hall–Kier alpha value is -3.17. The summed E-state index contributed by atoms with van der Waals surface area (Å²) in [6.45, 7) is 0.671. The van der Waals surface area contributed by atoms with E-state index >= 15 is 0 Å². The third-order valence-corrected chi connectivity index (χ3v) is 6.47. The minimum Gasteiger partial charge on any atom is -0.428 e. The number of esters is 2. The van der Waals surface area contributed by atoms with E-state index in [1.807, 2.05) is 0 Å². The third kappa shape index (κ3) is 5.26. The lowest BCUT2D eigenvalue weighted by Gasteiger charge is -2.49. The molecule has 2 aliphatic rings. The number of carbonyl (C=O) groups excluding carboxylic acids is 4. The predicted octanol–water partition coefficient (Wildman–Crippen LogP) is -0.560. The van der Waals surface area contributed by atoms with Crippen LogP contribution in [0.4, 0.5) is 5.13 Å². The van der Waals surface area contributed by atoms with Crippen molar-refractivity contribution >= 4 is 57.7 Å². The molecule has 0 aliphatic carbocycles. The van der Waals surface area contributed by atoms with Gasteiger partial charge in [0.15, 0.2) is 10.8 Å². The first kappa shape index (κ1) is 24.5. The second-order valence-electron chi connectivity index (χ2n) is 6.63. The molecule has 0 spiro atoms. The van der Waals surface area contributed by atoms with Gasteiger partial charge < -0.3 is 30.1 Å². The number of nitrogens with one attached hydrogen (secondary N) is 1. The quantitative estimate of drug-likeness (QED) is 0.147. The molecule has 1 aromatic rings. The molecule has 3 heterocycles. The topological polar surface area (TPSA) is 172 Å². The van der Waals surface area contributed by atoms with Crippen molar-refractivity contribution in [2.24, 2.45) is 5.16 Å². The van der Waals surface area contributed by atoms with Gasteiger partial charge in [-0.2, -0.15) is 0 Å². The Labute approximate surface area is 196 Å². The molecule has 178 valence electrons. The van der Waals surface area contributed by atoms with Crippen LogP contribution in [-0.2, 0) is 38.2 Å². The van der Waals surface area contributed by atoms with E-state index in [4.69, 9.17) is 20.0 Å². The molecule has 2 atom stereocenters. The van der Waals surface area contributed by atoms with Gasteiger partial charge in [0.05, 0.1) is 6.61 Å². The summed E-state index contributed by atoms with van der Waals surface area (Å²) in [5, 5.41) is 7.51. The predicted molar refractivity (Wildman–Crippen MR) is 117 cm³/mol. The number of carbonyl (C=O) groups is 4. The number of amides is 2. The van der Waals surface area contributed by atoms with Gasteiger partial charge in [-0.25, -0.2) is 9.78 Å². The molecule has 33 heavy (non-hydrogen) atoms. The van der Waals surface area contributed by atoms with Crippen molar-refractivity contribution in [3.05, 3.63) is 22.3 Å². The summed E-state index contributed by atoms with van der Waals surface area (Å²) in [5.74, 6) is -2.32. The minimum absolute atomic E-state index is 0.00121. The van der Waals surface area contributed by atoms with E-state index in [9.17, 15) is 19.2 Å². The first-order chi connectivity index (χ1) is 15.8. The molecule has 15 heteroatoms. The summed E-state index contributed by atoms with van der Waals surface area (Å²) in [6, 6.07) is -0.930. The number of rotatable bonds is 9. The minimum atomic E-state index is -0.930. The van der Waals surface area contributed by atoms with Crippen LogP contribution >= 0.6 is 23.1 Å². The van der Waals surface area contributed by atoms with Crippen LogP contribution in [0.25, 0.3) is 0 Å². The van der Waals surface area contributed by atoms with Crippen molar-refractivity contribution in [2.75, 3.05) is 39.1 Å². The molecular formula is C18H21N5O8S2. The zero-order chi connectivity index (χ0) is 24.1. The highest BCUT2D eigenvalue weighted by atomic mass is 32.2. The van der Waals surface area contributed by atoms with Gasteiger partial charge in [0.2, 0.25) is 6.79 Å². The zero-order valence-corrected chi connectivity index (χ0v) is 19.5. The summed E-state index contributed by atoms with van der Waals surface area (Å²) in [4.78, 5) is 59.3. The third-order valence-electron chi connectivity index (χ3n) is 4.46. The lowest BCUT2D eigenvalue weighted by atomic mass is 10.0. The number of fused-ring (bicyclic) bond motifs is 1. The number of thiazole rings is 1. The van der Waals surface area contributed by atoms with Gasteiger partial charge in [0, 0.05) is 25.2 Å². The molecule has 13 nitrogen and oxygen atoms in total. The Morgan fingerprint density at radius 3 is 2.70 bits per heavy atom. The highest BCUT2D eigenvalue weighted by Crippen LogP contribution is 2.40. The number of hydrogen-bond acceptors (Lipinski definition) is 13. The second-order valence-corrected chi connectivity index (χ2v) is 8.62.